The number of anilines is 1. The van der Waals surface area contributed by atoms with Crippen molar-refractivity contribution >= 4 is 22.9 Å². The molecule has 1 aliphatic rings. The normalized spacial score (nSPS) is 14.9. The van der Waals surface area contributed by atoms with Crippen LogP contribution in [0.15, 0.2) is 41.5 Å². The van der Waals surface area contributed by atoms with E-state index in [1.807, 2.05) is 30.6 Å². The van der Waals surface area contributed by atoms with Crippen molar-refractivity contribution < 1.29 is 9.47 Å². The van der Waals surface area contributed by atoms with Gasteiger partial charge in [0, 0.05) is 67.7 Å². The molecule has 0 spiro atoms. The molecular weight excluding hydrogens is 404 g/mol. The number of nitrogens with zero attached hydrogens (tertiary/aromatic N) is 5. The molecular formula is C24H32N6O2. The number of hydrogen-bond donors (Lipinski definition) is 1. The molecule has 1 saturated heterocycles. The molecule has 0 amide bonds. The summed E-state index contributed by atoms with van der Waals surface area (Å²) in [5, 5.41) is 1.16. The van der Waals surface area contributed by atoms with Gasteiger partial charge in [0.15, 0.2) is 0 Å². The topological polar surface area (TPSA) is 78.9 Å². The van der Waals surface area contributed by atoms with Crippen LogP contribution in [0.3, 0.4) is 0 Å². The molecule has 2 aromatic heterocycles. The Kier molecular flexibility index (Phi) is 7.68. The molecule has 1 aromatic carbocycles. The third kappa shape index (κ3) is 5.63. The molecule has 0 atom stereocenters. The minimum Gasteiger partial charge on any atom is -0.462 e. The number of H-pyrrole nitrogens is 1. The summed E-state index contributed by atoms with van der Waals surface area (Å²) >= 11 is 0. The SMILES string of the molecule is CCN(CC)c1cc(CN=Cc2c[nH]c3ccccc23)nc(OCCN2CCOCC2)n1. The molecule has 3 heterocycles. The Morgan fingerprint density at radius 2 is 2.00 bits per heavy atom. The average molecular weight is 437 g/mol. The first-order chi connectivity index (χ1) is 15.8. The molecule has 8 nitrogen and oxygen atoms in total. The zero-order valence-corrected chi connectivity index (χ0v) is 19.0. The van der Waals surface area contributed by atoms with Crippen LogP contribution in [0.1, 0.15) is 25.1 Å². The number of fused-ring (bicyclic) bond motifs is 1. The lowest BCUT2D eigenvalue weighted by molar-refractivity contribution is 0.0317. The number of aliphatic imine (C=N–C) groups is 1. The predicted molar refractivity (Wildman–Crippen MR) is 128 cm³/mol. The number of hydrogen-bond acceptors (Lipinski definition) is 7. The summed E-state index contributed by atoms with van der Waals surface area (Å²) in [5.41, 5.74) is 3.02. The van der Waals surface area contributed by atoms with Gasteiger partial charge in [-0.25, -0.2) is 0 Å². The third-order valence-corrected chi connectivity index (χ3v) is 5.68. The smallest absolute Gasteiger partial charge is 0.318 e. The van der Waals surface area contributed by atoms with Crippen LogP contribution in [0.4, 0.5) is 5.82 Å². The number of para-hydroxylation sites is 1. The van der Waals surface area contributed by atoms with Crippen LogP contribution in [0.2, 0.25) is 0 Å². The summed E-state index contributed by atoms with van der Waals surface area (Å²) < 4.78 is 11.4. The maximum Gasteiger partial charge on any atom is 0.318 e. The number of rotatable bonds is 10. The van der Waals surface area contributed by atoms with Crippen molar-refractivity contribution in [2.45, 2.75) is 20.4 Å². The zero-order chi connectivity index (χ0) is 22.2. The molecule has 1 aliphatic heterocycles. The van der Waals surface area contributed by atoms with Crippen molar-refractivity contribution in [3.8, 4) is 6.01 Å². The quantitative estimate of drug-likeness (QED) is 0.492. The summed E-state index contributed by atoms with van der Waals surface area (Å²) in [7, 11) is 0. The maximum atomic E-state index is 5.95. The van der Waals surface area contributed by atoms with Crippen molar-refractivity contribution in [2.24, 2.45) is 4.99 Å². The molecule has 0 saturated carbocycles. The van der Waals surface area contributed by atoms with Crippen molar-refractivity contribution in [1.82, 2.24) is 19.9 Å². The number of ether oxygens (including phenoxy) is 2. The number of nitrogens with one attached hydrogen (secondary N) is 1. The maximum absolute atomic E-state index is 5.95. The van der Waals surface area contributed by atoms with Crippen molar-refractivity contribution in [3.63, 3.8) is 0 Å². The molecule has 1 N–H and O–H groups in total. The highest BCUT2D eigenvalue weighted by molar-refractivity contribution is 5.98. The minimum absolute atomic E-state index is 0.417. The first kappa shape index (κ1) is 22.2. The summed E-state index contributed by atoms with van der Waals surface area (Å²) in [4.78, 5) is 21.7. The van der Waals surface area contributed by atoms with Crippen LogP contribution in [0.25, 0.3) is 10.9 Å². The van der Waals surface area contributed by atoms with Gasteiger partial charge < -0.3 is 19.4 Å². The highest BCUT2D eigenvalue weighted by atomic mass is 16.5. The fraction of sp³-hybridized carbons (Fsp3) is 0.458. The Bertz CT molecular complexity index is 1020. The van der Waals surface area contributed by atoms with Gasteiger partial charge in [0.25, 0.3) is 0 Å². The second-order valence-corrected chi connectivity index (χ2v) is 7.73. The Morgan fingerprint density at radius 3 is 2.81 bits per heavy atom. The lowest BCUT2D eigenvalue weighted by Gasteiger charge is -2.26. The Morgan fingerprint density at radius 1 is 1.19 bits per heavy atom. The van der Waals surface area contributed by atoms with Crippen LogP contribution >= 0.6 is 0 Å². The van der Waals surface area contributed by atoms with Gasteiger partial charge in [-0.05, 0) is 19.9 Å². The predicted octanol–water partition coefficient (Wildman–Crippen LogP) is 3.13. The molecule has 0 bridgehead atoms. The van der Waals surface area contributed by atoms with Gasteiger partial charge in [-0.15, -0.1) is 0 Å². The van der Waals surface area contributed by atoms with Gasteiger partial charge in [0.05, 0.1) is 25.5 Å². The van der Waals surface area contributed by atoms with Crippen LogP contribution in [-0.4, -0.2) is 78.6 Å². The fourth-order valence-corrected chi connectivity index (χ4v) is 3.84. The number of aromatic amines is 1. The van der Waals surface area contributed by atoms with E-state index in [9.17, 15) is 0 Å². The Balaban J connectivity index is 1.45. The van der Waals surface area contributed by atoms with Crippen LogP contribution in [0, 0.1) is 0 Å². The van der Waals surface area contributed by atoms with E-state index in [1.54, 1.807) is 0 Å². The molecule has 3 aromatic rings. The number of aromatic nitrogens is 3. The molecule has 170 valence electrons. The second-order valence-electron chi connectivity index (χ2n) is 7.73. The van der Waals surface area contributed by atoms with Crippen molar-refractivity contribution in [2.75, 3.05) is 57.4 Å². The number of benzene rings is 1. The van der Waals surface area contributed by atoms with E-state index in [4.69, 9.17) is 9.47 Å². The van der Waals surface area contributed by atoms with E-state index >= 15 is 0 Å². The van der Waals surface area contributed by atoms with Crippen LogP contribution < -0.4 is 9.64 Å². The molecule has 8 heteroatoms. The van der Waals surface area contributed by atoms with Gasteiger partial charge in [-0.2, -0.15) is 9.97 Å². The zero-order valence-electron chi connectivity index (χ0n) is 19.0. The summed E-state index contributed by atoms with van der Waals surface area (Å²) in [5.74, 6) is 0.878. The van der Waals surface area contributed by atoms with Gasteiger partial charge in [0.1, 0.15) is 12.4 Å². The monoisotopic (exact) mass is 436 g/mol. The summed E-state index contributed by atoms with van der Waals surface area (Å²) in [6, 6.07) is 10.6. The lowest BCUT2D eigenvalue weighted by Crippen LogP contribution is -2.38. The molecule has 0 radical (unpaired) electrons. The van der Waals surface area contributed by atoms with Crippen molar-refractivity contribution in [3.05, 3.63) is 47.8 Å². The largest absolute Gasteiger partial charge is 0.462 e. The van der Waals surface area contributed by atoms with E-state index in [0.29, 0.717) is 19.2 Å². The average Bonchev–Trinajstić information content (AvgIpc) is 3.24. The Hall–Kier alpha value is -2.97. The highest BCUT2D eigenvalue weighted by Gasteiger charge is 2.13. The first-order valence-corrected chi connectivity index (χ1v) is 11.4. The third-order valence-electron chi connectivity index (χ3n) is 5.68. The van der Waals surface area contributed by atoms with Gasteiger partial charge >= 0.3 is 6.01 Å². The highest BCUT2D eigenvalue weighted by Crippen LogP contribution is 2.18. The molecule has 32 heavy (non-hydrogen) atoms. The van der Waals surface area contributed by atoms with Gasteiger partial charge in [0.2, 0.25) is 0 Å². The summed E-state index contributed by atoms with van der Waals surface area (Å²) in [6.45, 7) is 11.3. The minimum atomic E-state index is 0.417. The molecule has 1 fully saturated rings. The van der Waals surface area contributed by atoms with Crippen LogP contribution in [-0.2, 0) is 11.3 Å². The van der Waals surface area contributed by atoms with E-state index in [1.165, 1.54) is 0 Å². The Labute approximate surface area is 189 Å². The van der Waals surface area contributed by atoms with Crippen molar-refractivity contribution in [1.29, 1.82) is 0 Å². The van der Waals surface area contributed by atoms with E-state index in [0.717, 1.165) is 73.9 Å². The molecule has 4 rings (SSSR count). The standard InChI is InChI=1S/C24H32N6O2/c1-3-30(4-2)23-15-20(18-25-16-19-17-26-22-8-6-5-7-21(19)22)27-24(28-23)32-14-11-29-9-12-31-13-10-29/h5-8,15-17,26H,3-4,9-14,18H2,1-2H3. The van der Waals surface area contributed by atoms with E-state index < -0.39 is 0 Å². The van der Waals surface area contributed by atoms with Crippen LogP contribution in [0.5, 0.6) is 6.01 Å². The summed E-state index contributed by atoms with van der Waals surface area (Å²) in [6.07, 6.45) is 3.88. The first-order valence-electron chi connectivity index (χ1n) is 11.4. The van der Waals surface area contributed by atoms with E-state index in [2.05, 4.69) is 55.7 Å². The molecule has 0 aliphatic carbocycles. The van der Waals surface area contributed by atoms with Gasteiger partial charge in [-0.3, -0.25) is 9.89 Å². The number of morpholine rings is 1. The van der Waals surface area contributed by atoms with Gasteiger partial charge in [-0.1, -0.05) is 18.2 Å². The second kappa shape index (κ2) is 11.1. The molecule has 0 unspecified atom stereocenters. The lowest BCUT2D eigenvalue weighted by atomic mass is 10.2. The van der Waals surface area contributed by atoms with E-state index in [-0.39, 0.29) is 0 Å². The fourth-order valence-electron chi connectivity index (χ4n) is 3.84.